The van der Waals surface area contributed by atoms with E-state index < -0.39 is 0 Å². The summed E-state index contributed by atoms with van der Waals surface area (Å²) >= 11 is 13.8. The fourth-order valence-corrected chi connectivity index (χ4v) is 5.14. The Bertz CT molecular complexity index is 848. The second kappa shape index (κ2) is 9.75. The van der Waals surface area contributed by atoms with Crippen molar-refractivity contribution in [3.05, 3.63) is 33.6 Å². The van der Waals surface area contributed by atoms with Gasteiger partial charge in [0, 0.05) is 35.6 Å². The molecule has 2 atom stereocenters. The SMILES string of the molecule is O=C(CCC1CCCO1)N(CC1CCCO1)c1nc(-c2ccc(Cl)cc2Cl)cs1. The maximum atomic E-state index is 13.1. The van der Waals surface area contributed by atoms with E-state index in [1.807, 2.05) is 11.4 Å². The Labute approximate surface area is 184 Å². The molecule has 1 aromatic heterocycles. The van der Waals surface area contributed by atoms with Crippen molar-refractivity contribution in [1.82, 2.24) is 4.98 Å². The van der Waals surface area contributed by atoms with Gasteiger partial charge in [0.25, 0.3) is 0 Å². The number of rotatable bonds is 7. The molecule has 0 aliphatic carbocycles. The van der Waals surface area contributed by atoms with Crippen LogP contribution in [-0.2, 0) is 14.3 Å². The summed E-state index contributed by atoms with van der Waals surface area (Å²) in [6.07, 6.45) is 5.58. The van der Waals surface area contributed by atoms with Gasteiger partial charge in [-0.15, -0.1) is 11.3 Å². The van der Waals surface area contributed by atoms with Crippen molar-refractivity contribution in [2.24, 2.45) is 0 Å². The number of thiazole rings is 1. The average molecular weight is 455 g/mol. The van der Waals surface area contributed by atoms with Crippen molar-refractivity contribution in [2.75, 3.05) is 24.7 Å². The third-order valence-corrected chi connectivity index (χ3v) is 6.76. The molecule has 156 valence electrons. The standard InChI is InChI=1S/C21H24Cl2N2O3S/c22-14-5-7-17(18(23)11-14)19-13-29-21(24-19)25(12-16-4-2-10-28-16)20(26)8-6-15-3-1-9-27-15/h5,7,11,13,15-16H,1-4,6,8-10,12H2. The van der Waals surface area contributed by atoms with Gasteiger partial charge in [0.1, 0.15) is 0 Å². The van der Waals surface area contributed by atoms with Crippen molar-refractivity contribution in [3.8, 4) is 11.3 Å². The van der Waals surface area contributed by atoms with E-state index in [0.29, 0.717) is 28.1 Å². The van der Waals surface area contributed by atoms with Crippen molar-refractivity contribution in [2.45, 2.75) is 50.7 Å². The third-order valence-electron chi connectivity index (χ3n) is 5.35. The summed E-state index contributed by atoms with van der Waals surface area (Å²) in [7, 11) is 0. The summed E-state index contributed by atoms with van der Waals surface area (Å²) in [5.74, 6) is 0.0686. The quantitative estimate of drug-likeness (QED) is 0.546. The molecule has 5 nitrogen and oxygen atoms in total. The zero-order chi connectivity index (χ0) is 20.2. The number of ether oxygens (including phenoxy) is 2. The Kier molecular flexibility index (Phi) is 7.08. The van der Waals surface area contributed by atoms with Crippen LogP contribution in [0.2, 0.25) is 10.0 Å². The first-order chi connectivity index (χ1) is 14.1. The van der Waals surface area contributed by atoms with Gasteiger partial charge in [0.15, 0.2) is 5.13 Å². The lowest BCUT2D eigenvalue weighted by Crippen LogP contribution is -2.37. The van der Waals surface area contributed by atoms with E-state index in [2.05, 4.69) is 0 Å². The second-order valence-electron chi connectivity index (χ2n) is 7.45. The molecule has 0 saturated carbocycles. The highest BCUT2D eigenvalue weighted by Gasteiger charge is 2.27. The van der Waals surface area contributed by atoms with Crippen molar-refractivity contribution >= 4 is 45.6 Å². The first-order valence-corrected chi connectivity index (χ1v) is 11.7. The van der Waals surface area contributed by atoms with Gasteiger partial charge in [-0.25, -0.2) is 4.98 Å². The molecule has 4 rings (SSSR count). The molecule has 0 N–H and O–H groups in total. The summed E-state index contributed by atoms with van der Waals surface area (Å²) in [4.78, 5) is 19.6. The lowest BCUT2D eigenvalue weighted by molar-refractivity contribution is -0.119. The van der Waals surface area contributed by atoms with Crippen LogP contribution in [-0.4, -0.2) is 42.9 Å². The number of anilines is 1. The zero-order valence-corrected chi connectivity index (χ0v) is 18.4. The summed E-state index contributed by atoms with van der Waals surface area (Å²) in [6, 6.07) is 5.35. The number of nitrogens with zero attached hydrogens (tertiary/aromatic N) is 2. The Hall–Kier alpha value is -1.18. The van der Waals surface area contributed by atoms with Gasteiger partial charge >= 0.3 is 0 Å². The number of amides is 1. The van der Waals surface area contributed by atoms with Crippen molar-refractivity contribution in [3.63, 3.8) is 0 Å². The summed E-state index contributed by atoms with van der Waals surface area (Å²) in [5.41, 5.74) is 1.55. The maximum absolute atomic E-state index is 13.1. The number of hydrogen-bond donors (Lipinski definition) is 0. The largest absolute Gasteiger partial charge is 0.378 e. The van der Waals surface area contributed by atoms with Gasteiger partial charge in [0.05, 0.1) is 29.5 Å². The summed E-state index contributed by atoms with van der Waals surface area (Å²) in [5, 5.41) is 3.74. The van der Waals surface area contributed by atoms with Crippen LogP contribution in [0, 0.1) is 0 Å². The molecule has 0 radical (unpaired) electrons. The van der Waals surface area contributed by atoms with E-state index in [9.17, 15) is 4.79 Å². The van der Waals surface area contributed by atoms with Crippen LogP contribution in [0.1, 0.15) is 38.5 Å². The minimum absolute atomic E-state index is 0.0631. The van der Waals surface area contributed by atoms with E-state index in [0.717, 1.165) is 56.6 Å². The average Bonchev–Trinajstić information content (AvgIpc) is 3.47. The highest BCUT2D eigenvalue weighted by atomic mass is 35.5. The molecule has 2 aliphatic rings. The van der Waals surface area contributed by atoms with Crippen LogP contribution in [0.25, 0.3) is 11.3 Å². The first-order valence-electron chi connectivity index (χ1n) is 10.0. The topological polar surface area (TPSA) is 51.7 Å². The smallest absolute Gasteiger partial charge is 0.228 e. The minimum Gasteiger partial charge on any atom is -0.378 e. The van der Waals surface area contributed by atoms with Crippen LogP contribution in [0.15, 0.2) is 23.6 Å². The molecule has 29 heavy (non-hydrogen) atoms. The molecule has 2 aromatic rings. The lowest BCUT2D eigenvalue weighted by atomic mass is 10.1. The van der Waals surface area contributed by atoms with Gasteiger partial charge in [-0.05, 0) is 50.3 Å². The predicted molar refractivity (Wildman–Crippen MR) is 117 cm³/mol. The number of carbonyl (C=O) groups excluding carboxylic acids is 1. The highest BCUT2D eigenvalue weighted by molar-refractivity contribution is 7.14. The Morgan fingerprint density at radius 1 is 1.17 bits per heavy atom. The maximum Gasteiger partial charge on any atom is 0.228 e. The molecular formula is C21H24Cl2N2O3S. The number of halogens is 2. The Morgan fingerprint density at radius 2 is 1.93 bits per heavy atom. The Morgan fingerprint density at radius 3 is 2.62 bits per heavy atom. The molecule has 8 heteroatoms. The normalized spacial score (nSPS) is 21.6. The molecule has 2 fully saturated rings. The van der Waals surface area contributed by atoms with Crippen LogP contribution in [0.3, 0.4) is 0 Å². The van der Waals surface area contributed by atoms with Crippen LogP contribution >= 0.6 is 34.5 Å². The highest BCUT2D eigenvalue weighted by Crippen LogP contribution is 2.34. The van der Waals surface area contributed by atoms with Gasteiger partial charge < -0.3 is 9.47 Å². The number of benzene rings is 1. The van der Waals surface area contributed by atoms with E-state index in [1.54, 1.807) is 17.0 Å². The number of carbonyl (C=O) groups is 1. The minimum atomic E-state index is 0.0631. The van der Waals surface area contributed by atoms with Crippen molar-refractivity contribution < 1.29 is 14.3 Å². The summed E-state index contributed by atoms with van der Waals surface area (Å²) < 4.78 is 11.5. The molecular weight excluding hydrogens is 431 g/mol. The van der Waals surface area contributed by atoms with Crippen LogP contribution in [0.4, 0.5) is 5.13 Å². The zero-order valence-electron chi connectivity index (χ0n) is 16.1. The third kappa shape index (κ3) is 5.30. The molecule has 1 aromatic carbocycles. The molecule has 2 aliphatic heterocycles. The second-order valence-corrected chi connectivity index (χ2v) is 9.13. The van der Waals surface area contributed by atoms with E-state index in [4.69, 9.17) is 37.7 Å². The van der Waals surface area contributed by atoms with Crippen LogP contribution < -0.4 is 4.90 Å². The van der Waals surface area contributed by atoms with Gasteiger partial charge in [-0.1, -0.05) is 23.2 Å². The molecule has 1 amide bonds. The molecule has 0 spiro atoms. The van der Waals surface area contributed by atoms with Gasteiger partial charge in [-0.2, -0.15) is 0 Å². The van der Waals surface area contributed by atoms with E-state index >= 15 is 0 Å². The van der Waals surface area contributed by atoms with E-state index in [-0.39, 0.29) is 18.1 Å². The fourth-order valence-electron chi connectivity index (χ4n) is 3.78. The van der Waals surface area contributed by atoms with Gasteiger partial charge in [-0.3, -0.25) is 9.69 Å². The number of aromatic nitrogens is 1. The van der Waals surface area contributed by atoms with Gasteiger partial charge in [0.2, 0.25) is 5.91 Å². The van der Waals surface area contributed by atoms with Crippen LogP contribution in [0.5, 0.6) is 0 Å². The summed E-state index contributed by atoms with van der Waals surface area (Å²) in [6.45, 7) is 2.09. The molecule has 2 unspecified atom stereocenters. The first kappa shape index (κ1) is 21.1. The lowest BCUT2D eigenvalue weighted by Gasteiger charge is -2.23. The number of hydrogen-bond acceptors (Lipinski definition) is 5. The predicted octanol–water partition coefficient (Wildman–Crippen LogP) is 5.59. The van der Waals surface area contributed by atoms with E-state index in [1.165, 1.54) is 11.3 Å². The molecule has 3 heterocycles. The molecule has 0 bridgehead atoms. The Balaban J connectivity index is 1.51. The molecule has 2 saturated heterocycles. The monoisotopic (exact) mass is 454 g/mol. The van der Waals surface area contributed by atoms with Crippen molar-refractivity contribution in [1.29, 1.82) is 0 Å². The fraction of sp³-hybridized carbons (Fsp3) is 0.524.